The number of halogens is 7. The summed E-state index contributed by atoms with van der Waals surface area (Å²) >= 11 is 0. The highest BCUT2D eigenvalue weighted by atomic mass is 31.2. The second kappa shape index (κ2) is 7.27. The topological polar surface area (TPSA) is 66.8 Å². The van der Waals surface area contributed by atoms with Crippen LogP contribution in [0.5, 0.6) is 0 Å². The Morgan fingerprint density at radius 2 is 1.56 bits per heavy atom. The van der Waals surface area contributed by atoms with E-state index in [4.69, 9.17) is 14.6 Å². The van der Waals surface area contributed by atoms with Gasteiger partial charge >= 0.3 is 20.3 Å². The molecule has 0 spiro atoms. The van der Waals surface area contributed by atoms with E-state index >= 15 is 0 Å². The first kappa shape index (κ1) is 19.9. The third kappa shape index (κ3) is 24.7. The Bertz CT molecular complexity index is 265. The Balaban J connectivity index is 0. The highest BCUT2D eigenvalue weighted by Gasteiger charge is 2.44. The van der Waals surface area contributed by atoms with E-state index in [-0.39, 0.29) is 0 Å². The number of alkyl halides is 5. The number of rotatable bonds is 4. The lowest BCUT2D eigenvalue weighted by Crippen LogP contribution is -2.31. The van der Waals surface area contributed by atoms with Crippen molar-refractivity contribution >= 4 is 7.99 Å². The summed E-state index contributed by atoms with van der Waals surface area (Å²) in [7, 11) is -5.64. The van der Waals surface area contributed by atoms with Crippen LogP contribution >= 0.6 is 7.99 Å². The third-order valence-corrected chi connectivity index (χ3v) is 0.942. The summed E-state index contributed by atoms with van der Waals surface area (Å²) in [6, 6.07) is 0. The van der Waals surface area contributed by atoms with E-state index in [1.54, 1.807) is 0 Å². The molecule has 1 unspecified atom stereocenters. The number of hydrogen-bond acceptors (Lipinski definition) is 3. The van der Waals surface area contributed by atoms with Crippen LogP contribution in [0.2, 0.25) is 0 Å². The fourth-order valence-corrected chi connectivity index (χ4v) is 0.527. The molecule has 0 aliphatic heterocycles. The van der Waals surface area contributed by atoms with Gasteiger partial charge in [0.1, 0.15) is 6.42 Å². The van der Waals surface area contributed by atoms with E-state index in [1.807, 2.05) is 0 Å². The predicted molar refractivity (Wildman–Crippen MR) is 45.3 cm³/mol. The van der Waals surface area contributed by atoms with Gasteiger partial charge in [-0.2, -0.15) is 22.0 Å². The highest BCUT2D eigenvalue weighted by molar-refractivity contribution is 7.46. The maximum Gasteiger partial charge on any atom is 0.549 e. The van der Waals surface area contributed by atoms with Crippen LogP contribution in [0.1, 0.15) is 13.3 Å². The van der Waals surface area contributed by atoms with Crippen LogP contribution in [0, 0.1) is 0 Å². The van der Waals surface area contributed by atoms with Gasteiger partial charge in [-0.1, -0.05) is 0 Å². The van der Waals surface area contributed by atoms with E-state index < -0.39 is 39.4 Å². The van der Waals surface area contributed by atoms with Gasteiger partial charge in [-0.05, 0) is 6.92 Å². The molecule has 0 rings (SSSR count). The Labute approximate surface area is 97.1 Å². The van der Waals surface area contributed by atoms with Crippen molar-refractivity contribution in [3.8, 4) is 0 Å². The van der Waals surface area contributed by atoms with Crippen LogP contribution in [0.15, 0.2) is 0 Å². The molecule has 0 bridgehead atoms. The number of aliphatic hydroxyl groups excluding tert-OH is 1. The summed E-state index contributed by atoms with van der Waals surface area (Å²) in [4.78, 5) is 6.74. The molecule has 112 valence electrons. The summed E-state index contributed by atoms with van der Waals surface area (Å²) in [6.07, 6.45) is -12.8. The zero-order chi connectivity index (χ0) is 15.2. The predicted octanol–water partition coefficient (Wildman–Crippen LogP) is 2.95. The molecule has 0 fully saturated rings. The molecule has 0 aliphatic rings. The molecule has 0 aliphatic carbocycles. The Kier molecular flexibility index (Phi) is 8.06. The van der Waals surface area contributed by atoms with Gasteiger partial charge in [-0.3, -0.25) is 4.89 Å². The van der Waals surface area contributed by atoms with Gasteiger partial charge in [0.15, 0.2) is 0 Å². The number of aliphatic hydroxyl groups is 1. The summed E-state index contributed by atoms with van der Waals surface area (Å²) in [5, 5.41) is 8.47. The van der Waals surface area contributed by atoms with Gasteiger partial charge in [0.2, 0.25) is 0 Å². The monoisotopic (exact) mass is 310 g/mol. The largest absolute Gasteiger partial charge is 0.549 e. The summed E-state index contributed by atoms with van der Waals surface area (Å²) in [5.41, 5.74) is 0. The van der Waals surface area contributed by atoms with Crippen LogP contribution in [0.3, 0.4) is 0 Å². The van der Waals surface area contributed by atoms with Crippen molar-refractivity contribution in [1.29, 1.82) is 0 Å². The molecule has 2 N–H and O–H groups in total. The lowest BCUT2D eigenvalue weighted by Gasteiger charge is -2.18. The van der Waals surface area contributed by atoms with Crippen molar-refractivity contribution < 1.29 is 49.6 Å². The average molecular weight is 310 g/mol. The van der Waals surface area contributed by atoms with Crippen molar-refractivity contribution in [3.05, 3.63) is 0 Å². The van der Waals surface area contributed by atoms with Crippen molar-refractivity contribution in [2.45, 2.75) is 31.7 Å². The van der Waals surface area contributed by atoms with E-state index in [1.165, 1.54) is 0 Å². The SMILES string of the molecule is CC(O)COC(F)(F)CC(F)(F)F.O=P(O)(F)F. The minimum atomic E-state index is -5.64. The first-order chi connectivity index (χ1) is 7.62. The first-order valence-corrected chi connectivity index (χ1v) is 5.55. The molecule has 0 heterocycles. The third-order valence-electron chi connectivity index (χ3n) is 0.942. The normalized spacial score (nSPS) is 14.8. The molecule has 1 atom stereocenters. The van der Waals surface area contributed by atoms with E-state index in [0.717, 1.165) is 6.92 Å². The van der Waals surface area contributed by atoms with E-state index in [0.29, 0.717) is 0 Å². The van der Waals surface area contributed by atoms with Crippen LogP contribution in [0.4, 0.5) is 30.3 Å². The molecule has 12 heteroatoms. The minimum Gasteiger partial charge on any atom is -0.391 e. The lowest BCUT2D eigenvalue weighted by atomic mass is 10.4. The fraction of sp³-hybridized carbons (Fsp3) is 1.00. The molecule has 18 heavy (non-hydrogen) atoms. The molecule has 0 aromatic heterocycles. The smallest absolute Gasteiger partial charge is 0.391 e. The maximum atomic E-state index is 12.2. The Morgan fingerprint density at radius 3 is 1.78 bits per heavy atom. The Hall–Kier alpha value is -0.380. The number of hydrogen-bond donors (Lipinski definition) is 2. The quantitative estimate of drug-likeness (QED) is 0.619. The molecule has 0 aromatic rings. The standard InChI is InChI=1S/C6H9F5O2.F2HO2P/c1-4(12)2-13-6(10,11)3-5(7,8)9;1-5(2,3)4/h4,12H,2-3H2,1H3;(H,3,4). The molecule has 0 saturated heterocycles. The van der Waals surface area contributed by atoms with E-state index in [9.17, 15) is 30.3 Å². The zero-order valence-electron chi connectivity index (χ0n) is 8.80. The van der Waals surface area contributed by atoms with Gasteiger partial charge in [-0.15, -0.1) is 8.39 Å². The first-order valence-electron chi connectivity index (χ1n) is 4.11. The highest BCUT2D eigenvalue weighted by Crippen LogP contribution is 2.43. The summed E-state index contributed by atoms with van der Waals surface area (Å²) < 4.78 is 91.1. The van der Waals surface area contributed by atoms with Crippen LogP contribution in [-0.4, -0.2) is 35.0 Å². The van der Waals surface area contributed by atoms with Crippen molar-refractivity contribution in [1.82, 2.24) is 0 Å². The second-order valence-electron chi connectivity index (χ2n) is 3.02. The van der Waals surface area contributed by atoms with Crippen molar-refractivity contribution in [3.63, 3.8) is 0 Å². The molecular weight excluding hydrogens is 300 g/mol. The van der Waals surface area contributed by atoms with Crippen LogP contribution in [0.25, 0.3) is 0 Å². The van der Waals surface area contributed by atoms with E-state index in [2.05, 4.69) is 4.74 Å². The minimum absolute atomic E-state index is 0.830. The van der Waals surface area contributed by atoms with Gasteiger partial charge in [0.25, 0.3) is 0 Å². The molecular formula is C6H10F7O4P. The maximum absolute atomic E-state index is 12.2. The van der Waals surface area contributed by atoms with Crippen molar-refractivity contribution in [2.24, 2.45) is 0 Å². The summed E-state index contributed by atoms with van der Waals surface area (Å²) in [5.74, 6) is 0. The molecule has 0 amide bonds. The average Bonchev–Trinajstić information content (AvgIpc) is 1.92. The molecule has 0 radical (unpaired) electrons. The van der Waals surface area contributed by atoms with Gasteiger partial charge < -0.3 is 9.84 Å². The fourth-order valence-electron chi connectivity index (χ4n) is 0.527. The number of ether oxygens (including phenoxy) is 1. The second-order valence-corrected chi connectivity index (χ2v) is 3.89. The Morgan fingerprint density at radius 1 is 1.22 bits per heavy atom. The zero-order valence-corrected chi connectivity index (χ0v) is 9.69. The van der Waals surface area contributed by atoms with Crippen LogP contribution in [-0.2, 0) is 9.30 Å². The summed E-state index contributed by atoms with van der Waals surface area (Å²) in [6.45, 7) is 0.298. The van der Waals surface area contributed by atoms with Gasteiger partial charge in [0.05, 0.1) is 12.7 Å². The molecule has 0 saturated carbocycles. The molecule has 0 aromatic carbocycles. The van der Waals surface area contributed by atoms with Crippen LogP contribution < -0.4 is 0 Å². The molecule has 4 nitrogen and oxygen atoms in total. The van der Waals surface area contributed by atoms with Gasteiger partial charge in [-0.25, -0.2) is 4.57 Å². The lowest BCUT2D eigenvalue weighted by molar-refractivity contribution is -0.297. The van der Waals surface area contributed by atoms with Crippen molar-refractivity contribution in [2.75, 3.05) is 6.61 Å². The van der Waals surface area contributed by atoms with Gasteiger partial charge in [0, 0.05) is 0 Å².